The second-order valence-corrected chi connectivity index (χ2v) is 8.98. The number of hydrogen-bond acceptors (Lipinski definition) is 2. The molecule has 27 heavy (non-hydrogen) atoms. The van der Waals surface area contributed by atoms with E-state index in [0.29, 0.717) is 12.1 Å². The first-order chi connectivity index (χ1) is 13.2. The second kappa shape index (κ2) is 10.4. The van der Waals surface area contributed by atoms with Crippen molar-refractivity contribution in [3.63, 3.8) is 0 Å². The van der Waals surface area contributed by atoms with Crippen LogP contribution in [-0.4, -0.2) is 27.7 Å². The highest BCUT2D eigenvalue weighted by molar-refractivity contribution is 5.16. The quantitative estimate of drug-likeness (QED) is 0.348. The maximum absolute atomic E-state index is 11.2. The van der Waals surface area contributed by atoms with Crippen LogP contribution in [-0.2, 0) is 6.54 Å². The van der Waals surface area contributed by atoms with Gasteiger partial charge in [-0.1, -0.05) is 74.9 Å². The van der Waals surface area contributed by atoms with E-state index in [4.69, 9.17) is 0 Å². The van der Waals surface area contributed by atoms with Gasteiger partial charge in [-0.25, -0.2) is 0 Å². The van der Waals surface area contributed by atoms with Gasteiger partial charge in [0.25, 0.3) is 0 Å². The predicted molar refractivity (Wildman–Crippen MR) is 115 cm³/mol. The Labute approximate surface area is 166 Å². The monoisotopic (exact) mass is 369 g/mol. The van der Waals surface area contributed by atoms with Gasteiger partial charge in [-0.3, -0.25) is 4.90 Å². The van der Waals surface area contributed by atoms with Crippen molar-refractivity contribution < 1.29 is 5.11 Å². The Morgan fingerprint density at radius 1 is 0.926 bits per heavy atom. The summed E-state index contributed by atoms with van der Waals surface area (Å²) < 4.78 is 0. The van der Waals surface area contributed by atoms with Crippen LogP contribution in [0.4, 0.5) is 0 Å². The molecule has 2 unspecified atom stereocenters. The van der Waals surface area contributed by atoms with Gasteiger partial charge < -0.3 is 5.11 Å². The molecule has 150 valence electrons. The molecule has 2 aliphatic heterocycles. The molecule has 0 radical (unpaired) electrons. The molecule has 0 spiro atoms. The largest absolute Gasteiger partial charge is 0.390 e. The van der Waals surface area contributed by atoms with Crippen LogP contribution in [0.5, 0.6) is 0 Å². The average molecular weight is 370 g/mol. The van der Waals surface area contributed by atoms with E-state index >= 15 is 0 Å². The maximum atomic E-state index is 11.2. The molecule has 1 aromatic rings. The molecule has 2 bridgehead atoms. The molecule has 0 amide bonds. The SMILES string of the molecule is C=CCCCCCCCCCC1(O)CC2CCC(C1)N2Cc1ccccc1. The van der Waals surface area contributed by atoms with Crippen LogP contribution in [0.2, 0.25) is 0 Å². The van der Waals surface area contributed by atoms with Crippen molar-refractivity contribution in [3.8, 4) is 0 Å². The summed E-state index contributed by atoms with van der Waals surface area (Å²) in [6.45, 7) is 4.84. The Kier molecular flexibility index (Phi) is 7.96. The molecule has 1 N–H and O–H groups in total. The van der Waals surface area contributed by atoms with Gasteiger partial charge in [0.1, 0.15) is 0 Å². The lowest BCUT2D eigenvalue weighted by Gasteiger charge is -2.44. The smallest absolute Gasteiger partial charge is 0.0677 e. The fraction of sp³-hybridized carbons (Fsp3) is 0.680. The van der Waals surface area contributed by atoms with Crippen LogP contribution in [0.1, 0.15) is 89.0 Å². The highest BCUT2D eigenvalue weighted by atomic mass is 16.3. The molecule has 2 atom stereocenters. The zero-order chi connectivity index (χ0) is 19.0. The van der Waals surface area contributed by atoms with Gasteiger partial charge in [0, 0.05) is 18.6 Å². The summed E-state index contributed by atoms with van der Waals surface area (Å²) in [5.41, 5.74) is 1.01. The fourth-order valence-electron chi connectivity index (χ4n) is 5.30. The number of hydrogen-bond donors (Lipinski definition) is 1. The number of aliphatic hydroxyl groups is 1. The summed E-state index contributed by atoms with van der Waals surface area (Å²) >= 11 is 0. The van der Waals surface area contributed by atoms with Gasteiger partial charge in [0.15, 0.2) is 0 Å². The second-order valence-electron chi connectivity index (χ2n) is 8.98. The van der Waals surface area contributed by atoms with Gasteiger partial charge in [-0.2, -0.15) is 0 Å². The number of rotatable bonds is 12. The molecular formula is C25H39NO. The molecule has 2 saturated heterocycles. The van der Waals surface area contributed by atoms with Crippen LogP contribution in [0.3, 0.4) is 0 Å². The lowest BCUT2D eigenvalue weighted by Crippen LogP contribution is -2.50. The van der Waals surface area contributed by atoms with E-state index in [0.717, 1.165) is 32.2 Å². The van der Waals surface area contributed by atoms with Crippen molar-refractivity contribution in [1.82, 2.24) is 4.90 Å². The third-order valence-electron chi connectivity index (χ3n) is 6.76. The zero-order valence-corrected chi connectivity index (χ0v) is 17.1. The molecule has 0 aromatic heterocycles. The van der Waals surface area contributed by atoms with Crippen molar-refractivity contribution in [1.29, 1.82) is 0 Å². The summed E-state index contributed by atoms with van der Waals surface area (Å²) in [5, 5.41) is 11.2. The summed E-state index contributed by atoms with van der Waals surface area (Å²) in [4.78, 5) is 2.67. The number of piperidine rings is 1. The Morgan fingerprint density at radius 2 is 1.52 bits per heavy atom. The van der Waals surface area contributed by atoms with E-state index < -0.39 is 5.60 Å². The Balaban J connectivity index is 1.35. The van der Waals surface area contributed by atoms with E-state index in [1.165, 1.54) is 63.4 Å². The number of nitrogens with zero attached hydrogens (tertiary/aromatic N) is 1. The summed E-state index contributed by atoms with van der Waals surface area (Å²) in [5.74, 6) is 0. The number of fused-ring (bicyclic) bond motifs is 2. The Bertz CT molecular complexity index is 541. The van der Waals surface area contributed by atoms with Crippen molar-refractivity contribution >= 4 is 0 Å². The molecule has 2 nitrogen and oxygen atoms in total. The van der Waals surface area contributed by atoms with Gasteiger partial charge in [0.2, 0.25) is 0 Å². The minimum atomic E-state index is -0.400. The van der Waals surface area contributed by atoms with Crippen molar-refractivity contribution in [2.24, 2.45) is 0 Å². The number of allylic oxidation sites excluding steroid dienone is 1. The van der Waals surface area contributed by atoms with Crippen LogP contribution >= 0.6 is 0 Å². The summed E-state index contributed by atoms with van der Waals surface area (Å²) in [6.07, 6.45) is 17.9. The average Bonchev–Trinajstić information content (AvgIpc) is 2.92. The highest BCUT2D eigenvalue weighted by Gasteiger charge is 2.46. The van der Waals surface area contributed by atoms with E-state index in [9.17, 15) is 5.11 Å². The summed E-state index contributed by atoms with van der Waals surface area (Å²) in [6, 6.07) is 12.0. The number of benzene rings is 1. The maximum Gasteiger partial charge on any atom is 0.0677 e. The standard InChI is InChI=1S/C25H39NO/c1-2-3-4-5-6-7-8-9-13-18-25(27)19-23-16-17-24(20-25)26(23)21-22-14-11-10-12-15-22/h2,10-12,14-15,23-24,27H,1,3-9,13,16-21H2. The van der Waals surface area contributed by atoms with Crippen LogP contribution < -0.4 is 0 Å². The fourth-order valence-corrected chi connectivity index (χ4v) is 5.30. The summed E-state index contributed by atoms with van der Waals surface area (Å²) in [7, 11) is 0. The van der Waals surface area contributed by atoms with Crippen LogP contribution in [0.15, 0.2) is 43.0 Å². The Morgan fingerprint density at radius 3 is 2.15 bits per heavy atom. The lowest BCUT2D eigenvalue weighted by atomic mass is 9.82. The molecule has 2 heterocycles. The van der Waals surface area contributed by atoms with E-state index in [1.54, 1.807) is 0 Å². The molecule has 1 aromatic carbocycles. The first-order valence-electron chi connectivity index (χ1n) is 11.3. The van der Waals surface area contributed by atoms with Gasteiger partial charge in [-0.15, -0.1) is 6.58 Å². The van der Waals surface area contributed by atoms with Gasteiger partial charge >= 0.3 is 0 Å². The molecule has 2 fully saturated rings. The van der Waals surface area contributed by atoms with Crippen LogP contribution in [0.25, 0.3) is 0 Å². The first kappa shape index (κ1) is 20.6. The van der Waals surface area contributed by atoms with Crippen LogP contribution in [0, 0.1) is 0 Å². The van der Waals surface area contributed by atoms with Crippen molar-refractivity contribution in [2.45, 2.75) is 108 Å². The lowest BCUT2D eigenvalue weighted by molar-refractivity contribution is -0.0611. The normalized spacial score (nSPS) is 27.7. The molecule has 2 heteroatoms. The third-order valence-corrected chi connectivity index (χ3v) is 6.76. The molecule has 0 aliphatic carbocycles. The molecule has 2 aliphatic rings. The predicted octanol–water partition coefficient (Wildman–Crippen LogP) is 6.24. The topological polar surface area (TPSA) is 23.5 Å². The van der Waals surface area contributed by atoms with Gasteiger partial charge in [-0.05, 0) is 50.5 Å². The minimum absolute atomic E-state index is 0.400. The Hall–Kier alpha value is -1.12. The van der Waals surface area contributed by atoms with E-state index in [1.807, 2.05) is 6.08 Å². The highest BCUT2D eigenvalue weighted by Crippen LogP contribution is 2.43. The van der Waals surface area contributed by atoms with Crippen molar-refractivity contribution in [2.75, 3.05) is 0 Å². The minimum Gasteiger partial charge on any atom is -0.390 e. The van der Waals surface area contributed by atoms with E-state index in [-0.39, 0.29) is 0 Å². The van der Waals surface area contributed by atoms with E-state index in [2.05, 4.69) is 41.8 Å². The van der Waals surface area contributed by atoms with Crippen molar-refractivity contribution in [3.05, 3.63) is 48.6 Å². The van der Waals surface area contributed by atoms with Gasteiger partial charge in [0.05, 0.1) is 5.60 Å². The molecule has 0 saturated carbocycles. The molecular weight excluding hydrogens is 330 g/mol. The zero-order valence-electron chi connectivity index (χ0n) is 17.1. The third kappa shape index (κ3) is 6.19. The number of unbranched alkanes of at least 4 members (excludes halogenated alkanes) is 7. The first-order valence-corrected chi connectivity index (χ1v) is 11.3. The molecule has 3 rings (SSSR count).